The summed E-state index contributed by atoms with van der Waals surface area (Å²) in [5.41, 5.74) is 0. The molecule has 1 N–H and O–H groups in total. The van der Waals surface area contributed by atoms with Gasteiger partial charge in [0, 0.05) is 0 Å². The number of unbranched alkanes of at least 4 members (excludes halogenated alkanes) is 1. The number of aliphatic hydroxyl groups excluding tert-OH is 1. The topological polar surface area (TPSA) is 20.2 Å². The Kier molecular flexibility index (Phi) is 8.64. The van der Waals surface area contributed by atoms with E-state index in [9.17, 15) is 5.11 Å². The van der Waals surface area contributed by atoms with Gasteiger partial charge < -0.3 is 5.11 Å². The standard InChI is InChI=1S/C9H20OS/c1-3-9(10)7-5-6-8-11-4-2/h9-10H,3-8H2,1-2H3. The van der Waals surface area contributed by atoms with E-state index in [4.69, 9.17) is 0 Å². The second-order valence-corrected chi connectivity index (χ2v) is 4.15. The molecule has 0 saturated heterocycles. The highest BCUT2D eigenvalue weighted by atomic mass is 32.2. The fraction of sp³-hybridized carbons (Fsp3) is 1.00. The third-order valence-electron chi connectivity index (χ3n) is 1.75. The SMILES string of the molecule is CCSCCCCC(O)CC. The second kappa shape index (κ2) is 8.41. The van der Waals surface area contributed by atoms with E-state index in [-0.39, 0.29) is 6.10 Å². The molecule has 0 amide bonds. The summed E-state index contributed by atoms with van der Waals surface area (Å²) in [5.74, 6) is 2.48. The molecule has 0 aromatic rings. The van der Waals surface area contributed by atoms with Gasteiger partial charge in [-0.3, -0.25) is 0 Å². The van der Waals surface area contributed by atoms with Gasteiger partial charge in [0.2, 0.25) is 0 Å². The lowest BCUT2D eigenvalue weighted by molar-refractivity contribution is 0.157. The van der Waals surface area contributed by atoms with Gasteiger partial charge in [-0.05, 0) is 30.8 Å². The van der Waals surface area contributed by atoms with Gasteiger partial charge in [0.15, 0.2) is 0 Å². The number of aliphatic hydroxyl groups is 1. The van der Waals surface area contributed by atoms with Crippen LogP contribution in [0.1, 0.15) is 39.5 Å². The molecule has 0 spiro atoms. The first-order valence-electron chi connectivity index (χ1n) is 4.57. The summed E-state index contributed by atoms with van der Waals surface area (Å²) in [6.45, 7) is 4.22. The highest BCUT2D eigenvalue weighted by molar-refractivity contribution is 7.99. The quantitative estimate of drug-likeness (QED) is 0.602. The van der Waals surface area contributed by atoms with Gasteiger partial charge in [0.05, 0.1) is 6.10 Å². The van der Waals surface area contributed by atoms with Crippen molar-refractivity contribution in [2.45, 2.75) is 45.6 Å². The minimum Gasteiger partial charge on any atom is -0.393 e. The van der Waals surface area contributed by atoms with E-state index in [1.807, 2.05) is 18.7 Å². The minimum atomic E-state index is -0.0540. The number of hydrogen-bond acceptors (Lipinski definition) is 2. The van der Waals surface area contributed by atoms with Crippen LogP contribution in [0.5, 0.6) is 0 Å². The highest BCUT2D eigenvalue weighted by Crippen LogP contribution is 2.08. The monoisotopic (exact) mass is 176 g/mol. The Labute approximate surface area is 74.6 Å². The zero-order valence-corrected chi connectivity index (χ0v) is 8.49. The lowest BCUT2D eigenvalue weighted by atomic mass is 10.1. The molecule has 1 nitrogen and oxygen atoms in total. The van der Waals surface area contributed by atoms with E-state index in [2.05, 4.69) is 6.92 Å². The maximum absolute atomic E-state index is 9.21. The normalized spacial score (nSPS) is 13.4. The molecule has 1 unspecified atom stereocenters. The van der Waals surface area contributed by atoms with Crippen molar-refractivity contribution < 1.29 is 5.11 Å². The molecule has 0 saturated carbocycles. The van der Waals surface area contributed by atoms with Gasteiger partial charge in [-0.2, -0.15) is 11.8 Å². The van der Waals surface area contributed by atoms with Gasteiger partial charge >= 0.3 is 0 Å². The maximum Gasteiger partial charge on any atom is 0.0537 e. The first-order chi connectivity index (χ1) is 5.31. The summed E-state index contributed by atoms with van der Waals surface area (Å²) >= 11 is 1.99. The van der Waals surface area contributed by atoms with Crippen LogP contribution in [-0.2, 0) is 0 Å². The summed E-state index contributed by atoms with van der Waals surface area (Å²) in [7, 11) is 0. The average molecular weight is 176 g/mol. The van der Waals surface area contributed by atoms with Gasteiger partial charge in [-0.15, -0.1) is 0 Å². The summed E-state index contributed by atoms with van der Waals surface area (Å²) in [4.78, 5) is 0. The molecule has 0 aliphatic rings. The molecule has 0 aliphatic heterocycles. The molecule has 0 aromatic heterocycles. The molecule has 1 atom stereocenters. The van der Waals surface area contributed by atoms with Gasteiger partial charge in [-0.25, -0.2) is 0 Å². The van der Waals surface area contributed by atoms with Crippen LogP contribution in [0, 0.1) is 0 Å². The van der Waals surface area contributed by atoms with E-state index in [1.54, 1.807) is 0 Å². The molecule has 0 bridgehead atoms. The molecule has 68 valence electrons. The summed E-state index contributed by atoms with van der Waals surface area (Å²) < 4.78 is 0. The Hall–Kier alpha value is 0.310. The zero-order chi connectivity index (χ0) is 8.53. The lowest BCUT2D eigenvalue weighted by Crippen LogP contribution is -2.03. The van der Waals surface area contributed by atoms with Crippen LogP contribution in [0.3, 0.4) is 0 Å². The van der Waals surface area contributed by atoms with Crippen LogP contribution in [0.15, 0.2) is 0 Å². The Balaban J connectivity index is 2.89. The number of rotatable bonds is 7. The molecule has 0 aliphatic carbocycles. The van der Waals surface area contributed by atoms with Crippen LogP contribution in [0.2, 0.25) is 0 Å². The van der Waals surface area contributed by atoms with Crippen molar-refractivity contribution in [3.63, 3.8) is 0 Å². The van der Waals surface area contributed by atoms with Crippen molar-refractivity contribution in [3.8, 4) is 0 Å². The lowest BCUT2D eigenvalue weighted by Gasteiger charge is -2.05. The average Bonchev–Trinajstić information content (AvgIpc) is 2.04. The fourth-order valence-electron chi connectivity index (χ4n) is 0.933. The first kappa shape index (κ1) is 11.3. The van der Waals surface area contributed by atoms with E-state index < -0.39 is 0 Å². The van der Waals surface area contributed by atoms with E-state index in [0.717, 1.165) is 12.8 Å². The third-order valence-corrected chi connectivity index (χ3v) is 2.74. The van der Waals surface area contributed by atoms with Crippen LogP contribution in [0.25, 0.3) is 0 Å². The van der Waals surface area contributed by atoms with Crippen LogP contribution in [-0.4, -0.2) is 22.7 Å². The van der Waals surface area contributed by atoms with Crippen molar-refractivity contribution in [1.29, 1.82) is 0 Å². The molecule has 0 aromatic carbocycles. The predicted octanol–water partition coefficient (Wildman–Crippen LogP) is 2.68. The molecular weight excluding hydrogens is 156 g/mol. The molecule has 0 fully saturated rings. The molecular formula is C9H20OS. The smallest absolute Gasteiger partial charge is 0.0537 e. The molecule has 0 rings (SSSR count). The van der Waals surface area contributed by atoms with Gasteiger partial charge in [0.25, 0.3) is 0 Å². The Morgan fingerprint density at radius 2 is 2.00 bits per heavy atom. The molecule has 11 heavy (non-hydrogen) atoms. The van der Waals surface area contributed by atoms with Crippen molar-refractivity contribution >= 4 is 11.8 Å². The third kappa shape index (κ3) is 8.21. The summed E-state index contributed by atoms with van der Waals surface area (Å²) in [6, 6.07) is 0. The Morgan fingerprint density at radius 3 is 2.55 bits per heavy atom. The predicted molar refractivity (Wildman–Crippen MR) is 53.1 cm³/mol. The van der Waals surface area contributed by atoms with E-state index >= 15 is 0 Å². The number of thioether (sulfide) groups is 1. The van der Waals surface area contributed by atoms with Crippen molar-refractivity contribution in [2.24, 2.45) is 0 Å². The molecule has 2 heteroatoms. The van der Waals surface area contributed by atoms with Gasteiger partial charge in [0.1, 0.15) is 0 Å². The van der Waals surface area contributed by atoms with Crippen LogP contribution >= 0.6 is 11.8 Å². The van der Waals surface area contributed by atoms with Crippen molar-refractivity contribution in [1.82, 2.24) is 0 Å². The van der Waals surface area contributed by atoms with E-state index in [1.165, 1.54) is 24.3 Å². The van der Waals surface area contributed by atoms with E-state index in [0.29, 0.717) is 0 Å². The minimum absolute atomic E-state index is 0.0540. The fourth-order valence-corrected chi connectivity index (χ4v) is 1.63. The van der Waals surface area contributed by atoms with Gasteiger partial charge in [-0.1, -0.05) is 20.3 Å². The zero-order valence-electron chi connectivity index (χ0n) is 7.68. The van der Waals surface area contributed by atoms with Crippen LogP contribution in [0.4, 0.5) is 0 Å². The molecule has 0 heterocycles. The maximum atomic E-state index is 9.21. The molecule has 0 radical (unpaired) electrons. The Bertz CT molecular complexity index is 76.0. The second-order valence-electron chi connectivity index (χ2n) is 2.75. The number of hydrogen-bond donors (Lipinski definition) is 1. The van der Waals surface area contributed by atoms with Crippen molar-refractivity contribution in [2.75, 3.05) is 11.5 Å². The Morgan fingerprint density at radius 1 is 1.27 bits per heavy atom. The van der Waals surface area contributed by atoms with Crippen LogP contribution < -0.4 is 0 Å². The summed E-state index contributed by atoms with van der Waals surface area (Å²) in [6.07, 6.45) is 4.28. The largest absolute Gasteiger partial charge is 0.393 e. The first-order valence-corrected chi connectivity index (χ1v) is 5.72. The highest BCUT2D eigenvalue weighted by Gasteiger charge is 1.98. The summed E-state index contributed by atoms with van der Waals surface area (Å²) in [5, 5.41) is 9.21. The van der Waals surface area contributed by atoms with Crippen molar-refractivity contribution in [3.05, 3.63) is 0 Å².